The summed E-state index contributed by atoms with van der Waals surface area (Å²) in [7, 11) is 1.59. The minimum absolute atomic E-state index is 0.226. The molecule has 8 nitrogen and oxygen atoms in total. The molecule has 1 aromatic carbocycles. The van der Waals surface area contributed by atoms with E-state index in [1.807, 2.05) is 38.1 Å². The van der Waals surface area contributed by atoms with E-state index in [0.29, 0.717) is 28.6 Å². The molecule has 0 atom stereocenters. The molecule has 0 spiro atoms. The van der Waals surface area contributed by atoms with Gasteiger partial charge in [-0.3, -0.25) is 14.8 Å². The highest BCUT2D eigenvalue weighted by Gasteiger charge is 2.11. The van der Waals surface area contributed by atoms with Crippen molar-refractivity contribution >= 4 is 23.2 Å². The zero-order chi connectivity index (χ0) is 22.5. The first-order valence-corrected chi connectivity index (χ1v) is 9.96. The van der Waals surface area contributed by atoms with Gasteiger partial charge in [0.25, 0.3) is 5.91 Å². The van der Waals surface area contributed by atoms with E-state index in [-0.39, 0.29) is 5.91 Å². The van der Waals surface area contributed by atoms with E-state index in [4.69, 9.17) is 4.74 Å². The lowest BCUT2D eigenvalue weighted by Crippen LogP contribution is -2.12. The molecule has 0 fully saturated rings. The predicted octanol–water partition coefficient (Wildman–Crippen LogP) is 4.55. The quantitative estimate of drug-likeness (QED) is 0.466. The Bertz CT molecular complexity index is 1260. The Morgan fingerprint density at radius 2 is 1.84 bits per heavy atom. The predicted molar refractivity (Wildman–Crippen MR) is 123 cm³/mol. The number of methoxy groups -OCH3 is 1. The fourth-order valence-corrected chi connectivity index (χ4v) is 3.01. The summed E-state index contributed by atoms with van der Waals surface area (Å²) in [5.41, 5.74) is 5.23. The highest BCUT2D eigenvalue weighted by atomic mass is 16.5. The molecule has 8 heteroatoms. The summed E-state index contributed by atoms with van der Waals surface area (Å²) >= 11 is 0. The molecule has 0 aliphatic heterocycles. The van der Waals surface area contributed by atoms with Gasteiger partial charge in [0.05, 0.1) is 30.9 Å². The van der Waals surface area contributed by atoms with Gasteiger partial charge in [-0.15, -0.1) is 0 Å². The number of hydrogen-bond donors (Lipinski definition) is 2. The first-order chi connectivity index (χ1) is 15.5. The van der Waals surface area contributed by atoms with Gasteiger partial charge in [0.15, 0.2) is 0 Å². The van der Waals surface area contributed by atoms with Crippen LogP contribution in [-0.4, -0.2) is 33.0 Å². The first-order valence-electron chi connectivity index (χ1n) is 9.96. The Morgan fingerprint density at radius 3 is 2.62 bits per heavy atom. The molecular weight excluding hydrogens is 404 g/mol. The number of anilines is 3. The Labute approximate surface area is 185 Å². The second-order valence-electron chi connectivity index (χ2n) is 7.18. The molecule has 3 heterocycles. The Morgan fingerprint density at radius 1 is 0.969 bits per heavy atom. The molecule has 160 valence electrons. The molecule has 32 heavy (non-hydrogen) atoms. The summed E-state index contributed by atoms with van der Waals surface area (Å²) < 4.78 is 5.24. The van der Waals surface area contributed by atoms with Crippen LogP contribution in [0.2, 0.25) is 0 Å². The Balaban J connectivity index is 1.55. The van der Waals surface area contributed by atoms with Crippen LogP contribution in [0, 0.1) is 13.8 Å². The van der Waals surface area contributed by atoms with Crippen LogP contribution in [0.4, 0.5) is 17.3 Å². The van der Waals surface area contributed by atoms with Crippen molar-refractivity contribution < 1.29 is 9.53 Å². The maximum Gasteiger partial charge on any atom is 0.255 e. The molecule has 0 radical (unpaired) electrons. The van der Waals surface area contributed by atoms with Crippen LogP contribution < -0.4 is 15.4 Å². The van der Waals surface area contributed by atoms with Gasteiger partial charge in [0, 0.05) is 34.9 Å². The van der Waals surface area contributed by atoms with Crippen molar-refractivity contribution in [2.75, 3.05) is 17.7 Å². The number of carbonyl (C=O) groups is 1. The van der Waals surface area contributed by atoms with E-state index >= 15 is 0 Å². The van der Waals surface area contributed by atoms with Gasteiger partial charge in [0.2, 0.25) is 5.95 Å². The zero-order valence-electron chi connectivity index (χ0n) is 18.0. The van der Waals surface area contributed by atoms with Crippen LogP contribution >= 0.6 is 0 Å². The first kappa shape index (κ1) is 20.9. The van der Waals surface area contributed by atoms with E-state index < -0.39 is 0 Å². The van der Waals surface area contributed by atoms with E-state index in [9.17, 15) is 4.79 Å². The lowest BCUT2D eigenvalue weighted by molar-refractivity contribution is 0.102. The standard InChI is InChI=1S/C24H22N6O2/c1-15-4-6-17(23(31)28-19-7-5-16(2)27-13-19)11-22(15)30-24-26-9-8-21(29-24)18-10-20(32-3)14-25-12-18/h4-14H,1-3H3,(H,28,31)(H,26,29,30). The number of pyridine rings is 2. The van der Waals surface area contributed by atoms with Crippen LogP contribution in [0.25, 0.3) is 11.3 Å². The summed E-state index contributed by atoms with van der Waals surface area (Å²) in [5.74, 6) is 0.832. The van der Waals surface area contributed by atoms with Gasteiger partial charge in [-0.25, -0.2) is 9.97 Å². The number of nitrogens with one attached hydrogen (secondary N) is 2. The Kier molecular flexibility index (Phi) is 6.03. The number of carbonyl (C=O) groups excluding carboxylic acids is 1. The van der Waals surface area contributed by atoms with Crippen molar-refractivity contribution in [3.63, 3.8) is 0 Å². The normalized spacial score (nSPS) is 10.5. The largest absolute Gasteiger partial charge is 0.495 e. The number of amides is 1. The fourth-order valence-electron chi connectivity index (χ4n) is 3.01. The van der Waals surface area contributed by atoms with Crippen molar-refractivity contribution in [2.45, 2.75) is 13.8 Å². The molecule has 0 bridgehead atoms. The number of ether oxygens (including phenoxy) is 1. The maximum atomic E-state index is 12.7. The van der Waals surface area contributed by atoms with Gasteiger partial charge in [-0.2, -0.15) is 0 Å². The molecule has 0 unspecified atom stereocenters. The molecule has 2 N–H and O–H groups in total. The molecule has 0 saturated heterocycles. The molecule has 1 amide bonds. The molecule has 0 aliphatic carbocycles. The second-order valence-corrected chi connectivity index (χ2v) is 7.18. The van der Waals surface area contributed by atoms with E-state index in [1.54, 1.807) is 50.1 Å². The van der Waals surface area contributed by atoms with Crippen molar-refractivity contribution in [3.05, 3.63) is 84.1 Å². The maximum absolute atomic E-state index is 12.7. The summed E-state index contributed by atoms with van der Waals surface area (Å²) in [4.78, 5) is 30.0. The summed E-state index contributed by atoms with van der Waals surface area (Å²) in [6, 6.07) is 12.7. The van der Waals surface area contributed by atoms with Crippen LogP contribution in [0.5, 0.6) is 5.75 Å². The topological polar surface area (TPSA) is 102 Å². The third-order valence-corrected chi connectivity index (χ3v) is 4.82. The molecular formula is C24H22N6O2. The van der Waals surface area contributed by atoms with E-state index in [0.717, 1.165) is 22.5 Å². The van der Waals surface area contributed by atoms with Crippen LogP contribution in [0.1, 0.15) is 21.6 Å². The van der Waals surface area contributed by atoms with E-state index in [2.05, 4.69) is 30.6 Å². The van der Waals surface area contributed by atoms with Crippen molar-refractivity contribution in [1.82, 2.24) is 19.9 Å². The third-order valence-electron chi connectivity index (χ3n) is 4.82. The highest BCUT2D eigenvalue weighted by Crippen LogP contribution is 2.24. The number of hydrogen-bond acceptors (Lipinski definition) is 7. The minimum atomic E-state index is -0.226. The number of nitrogens with zero attached hydrogens (tertiary/aromatic N) is 4. The van der Waals surface area contributed by atoms with Crippen LogP contribution in [0.15, 0.2) is 67.3 Å². The smallest absolute Gasteiger partial charge is 0.255 e. The summed E-state index contributed by atoms with van der Waals surface area (Å²) in [6.07, 6.45) is 6.65. The lowest BCUT2D eigenvalue weighted by Gasteiger charge is -2.12. The third kappa shape index (κ3) is 4.86. The number of aryl methyl sites for hydroxylation is 2. The van der Waals surface area contributed by atoms with Gasteiger partial charge in [0.1, 0.15) is 5.75 Å². The number of benzene rings is 1. The molecule has 3 aromatic heterocycles. The molecule has 0 aliphatic rings. The fraction of sp³-hybridized carbons (Fsp3) is 0.125. The molecule has 4 aromatic rings. The monoisotopic (exact) mass is 426 g/mol. The molecule has 0 saturated carbocycles. The average molecular weight is 426 g/mol. The van der Waals surface area contributed by atoms with Crippen molar-refractivity contribution in [2.24, 2.45) is 0 Å². The number of rotatable bonds is 6. The number of aromatic nitrogens is 4. The van der Waals surface area contributed by atoms with E-state index in [1.165, 1.54) is 0 Å². The van der Waals surface area contributed by atoms with Gasteiger partial charge >= 0.3 is 0 Å². The lowest BCUT2D eigenvalue weighted by atomic mass is 10.1. The van der Waals surface area contributed by atoms with Gasteiger partial charge in [-0.1, -0.05) is 6.07 Å². The SMILES string of the molecule is COc1cncc(-c2ccnc(Nc3cc(C(=O)Nc4ccc(C)nc4)ccc3C)n2)c1. The van der Waals surface area contributed by atoms with Gasteiger partial charge in [-0.05, 0) is 55.8 Å². The van der Waals surface area contributed by atoms with Crippen molar-refractivity contribution in [3.8, 4) is 17.0 Å². The minimum Gasteiger partial charge on any atom is -0.495 e. The average Bonchev–Trinajstić information content (AvgIpc) is 2.82. The molecule has 4 rings (SSSR count). The summed E-state index contributed by atoms with van der Waals surface area (Å²) in [5, 5.41) is 6.07. The van der Waals surface area contributed by atoms with Crippen LogP contribution in [0.3, 0.4) is 0 Å². The van der Waals surface area contributed by atoms with Crippen LogP contribution in [-0.2, 0) is 0 Å². The van der Waals surface area contributed by atoms with Crippen molar-refractivity contribution in [1.29, 1.82) is 0 Å². The Hall–Kier alpha value is -4.33. The summed E-state index contributed by atoms with van der Waals surface area (Å²) in [6.45, 7) is 3.84. The highest BCUT2D eigenvalue weighted by molar-refractivity contribution is 6.04. The van der Waals surface area contributed by atoms with Gasteiger partial charge < -0.3 is 15.4 Å². The second kappa shape index (κ2) is 9.22. The zero-order valence-corrected chi connectivity index (χ0v) is 18.0.